The maximum atomic E-state index is 12.3. The number of Topliss-reactive ketones (excluding diaryl/α,β-unsaturated/α-hetero) is 1. The molecule has 1 aromatic rings. The SMILES string of the molecule is COCCN(CC(=O)c1ccc(Cl)cc1Cl)C1CC1. The van der Waals surface area contributed by atoms with Crippen molar-refractivity contribution in [3.8, 4) is 0 Å². The third-order valence-electron chi connectivity index (χ3n) is 3.22. The summed E-state index contributed by atoms with van der Waals surface area (Å²) >= 11 is 11.9. The van der Waals surface area contributed by atoms with Crippen LogP contribution in [-0.4, -0.2) is 43.5 Å². The average Bonchev–Trinajstić information content (AvgIpc) is 3.18. The van der Waals surface area contributed by atoms with E-state index in [1.807, 2.05) is 0 Å². The normalized spacial score (nSPS) is 14.9. The zero-order valence-electron chi connectivity index (χ0n) is 10.9. The molecule has 0 aliphatic heterocycles. The molecule has 1 fully saturated rings. The lowest BCUT2D eigenvalue weighted by atomic mass is 10.1. The van der Waals surface area contributed by atoms with E-state index in [2.05, 4.69) is 4.90 Å². The van der Waals surface area contributed by atoms with Crippen molar-refractivity contribution in [3.63, 3.8) is 0 Å². The maximum absolute atomic E-state index is 12.3. The quantitative estimate of drug-likeness (QED) is 0.724. The molecule has 0 saturated heterocycles. The molecule has 104 valence electrons. The molecule has 1 aromatic carbocycles. The predicted molar refractivity (Wildman–Crippen MR) is 77.3 cm³/mol. The first-order chi connectivity index (χ1) is 9.11. The summed E-state index contributed by atoms with van der Waals surface area (Å²) < 4.78 is 5.08. The van der Waals surface area contributed by atoms with Crippen LogP contribution in [0.5, 0.6) is 0 Å². The van der Waals surface area contributed by atoms with Gasteiger partial charge in [0.15, 0.2) is 5.78 Å². The minimum Gasteiger partial charge on any atom is -0.383 e. The Bertz CT molecular complexity index is 461. The number of benzene rings is 1. The number of hydrogen-bond donors (Lipinski definition) is 0. The third-order valence-corrected chi connectivity index (χ3v) is 3.77. The molecule has 0 N–H and O–H groups in total. The summed E-state index contributed by atoms with van der Waals surface area (Å²) in [5, 5.41) is 0.958. The Morgan fingerprint density at radius 1 is 1.42 bits per heavy atom. The van der Waals surface area contributed by atoms with Crippen molar-refractivity contribution >= 4 is 29.0 Å². The number of methoxy groups -OCH3 is 1. The molecule has 0 atom stereocenters. The summed E-state index contributed by atoms with van der Waals surface area (Å²) in [5.41, 5.74) is 0.536. The summed E-state index contributed by atoms with van der Waals surface area (Å²) in [7, 11) is 1.67. The Kier molecular flexibility index (Phi) is 5.22. The van der Waals surface area contributed by atoms with E-state index in [4.69, 9.17) is 27.9 Å². The van der Waals surface area contributed by atoms with Crippen LogP contribution in [0, 0.1) is 0 Å². The first-order valence-electron chi connectivity index (χ1n) is 6.33. The molecule has 0 spiro atoms. The van der Waals surface area contributed by atoms with Gasteiger partial charge in [-0.05, 0) is 31.0 Å². The molecule has 0 aromatic heterocycles. The summed E-state index contributed by atoms with van der Waals surface area (Å²) in [6.45, 7) is 1.80. The van der Waals surface area contributed by atoms with E-state index in [1.54, 1.807) is 25.3 Å². The number of halogens is 2. The van der Waals surface area contributed by atoms with Crippen LogP contribution in [0.2, 0.25) is 10.0 Å². The van der Waals surface area contributed by atoms with Gasteiger partial charge in [-0.3, -0.25) is 9.69 Å². The molecule has 1 aliphatic rings. The summed E-state index contributed by atoms with van der Waals surface area (Å²) in [6.07, 6.45) is 2.32. The molecule has 5 heteroatoms. The molecule has 0 bridgehead atoms. The molecular formula is C14H17Cl2NO2. The molecule has 0 amide bonds. The van der Waals surface area contributed by atoms with Gasteiger partial charge in [0.05, 0.1) is 18.2 Å². The largest absolute Gasteiger partial charge is 0.383 e. The van der Waals surface area contributed by atoms with Gasteiger partial charge in [0.25, 0.3) is 0 Å². The Morgan fingerprint density at radius 3 is 2.74 bits per heavy atom. The number of carbonyl (C=O) groups is 1. The Hall–Kier alpha value is -0.610. The van der Waals surface area contributed by atoms with Crippen molar-refractivity contribution in [2.24, 2.45) is 0 Å². The fourth-order valence-electron chi connectivity index (χ4n) is 2.02. The first kappa shape index (κ1) is 14.8. The number of ketones is 1. The minimum atomic E-state index is 0.0321. The molecular weight excluding hydrogens is 285 g/mol. The van der Waals surface area contributed by atoms with Gasteiger partial charge in [-0.1, -0.05) is 23.2 Å². The van der Waals surface area contributed by atoms with E-state index in [0.29, 0.717) is 34.8 Å². The van der Waals surface area contributed by atoms with E-state index >= 15 is 0 Å². The lowest BCUT2D eigenvalue weighted by Crippen LogP contribution is -2.34. The van der Waals surface area contributed by atoms with Gasteiger partial charge >= 0.3 is 0 Å². The fraction of sp³-hybridized carbons (Fsp3) is 0.500. The lowest BCUT2D eigenvalue weighted by molar-refractivity contribution is 0.0886. The van der Waals surface area contributed by atoms with Crippen molar-refractivity contribution in [1.29, 1.82) is 0 Å². The van der Waals surface area contributed by atoms with E-state index in [1.165, 1.54) is 0 Å². The summed E-state index contributed by atoms with van der Waals surface area (Å²) in [6, 6.07) is 5.50. The van der Waals surface area contributed by atoms with Gasteiger partial charge in [0.2, 0.25) is 0 Å². The second-order valence-corrected chi connectivity index (χ2v) is 5.59. The highest BCUT2D eigenvalue weighted by Crippen LogP contribution is 2.27. The molecule has 0 unspecified atom stereocenters. The van der Waals surface area contributed by atoms with E-state index in [-0.39, 0.29) is 5.78 Å². The zero-order chi connectivity index (χ0) is 13.8. The number of hydrogen-bond acceptors (Lipinski definition) is 3. The third kappa shape index (κ3) is 4.18. The van der Waals surface area contributed by atoms with Crippen molar-refractivity contribution in [1.82, 2.24) is 4.90 Å². The molecule has 19 heavy (non-hydrogen) atoms. The summed E-state index contributed by atoms with van der Waals surface area (Å²) in [5.74, 6) is 0.0321. The molecule has 3 nitrogen and oxygen atoms in total. The van der Waals surface area contributed by atoms with Crippen LogP contribution in [0.15, 0.2) is 18.2 Å². The second kappa shape index (κ2) is 6.71. The molecule has 0 radical (unpaired) electrons. The molecule has 1 aliphatic carbocycles. The number of carbonyl (C=O) groups excluding carboxylic acids is 1. The smallest absolute Gasteiger partial charge is 0.178 e. The Labute approximate surface area is 123 Å². The van der Waals surface area contributed by atoms with Gasteiger partial charge < -0.3 is 4.74 Å². The van der Waals surface area contributed by atoms with Crippen molar-refractivity contribution < 1.29 is 9.53 Å². The van der Waals surface area contributed by atoms with Gasteiger partial charge in [0, 0.05) is 30.3 Å². The average molecular weight is 302 g/mol. The topological polar surface area (TPSA) is 29.5 Å². The number of rotatable bonds is 7. The lowest BCUT2D eigenvalue weighted by Gasteiger charge is -2.20. The fourth-order valence-corrected chi connectivity index (χ4v) is 2.54. The summed E-state index contributed by atoms with van der Waals surface area (Å²) in [4.78, 5) is 14.4. The van der Waals surface area contributed by atoms with E-state index < -0.39 is 0 Å². The van der Waals surface area contributed by atoms with Crippen molar-refractivity contribution in [2.75, 3.05) is 26.8 Å². The highest BCUT2D eigenvalue weighted by atomic mass is 35.5. The van der Waals surface area contributed by atoms with Crippen molar-refractivity contribution in [2.45, 2.75) is 18.9 Å². The van der Waals surface area contributed by atoms with Crippen LogP contribution < -0.4 is 0 Å². The van der Waals surface area contributed by atoms with Gasteiger partial charge in [-0.2, -0.15) is 0 Å². The van der Waals surface area contributed by atoms with Crippen LogP contribution in [0.1, 0.15) is 23.2 Å². The molecule has 1 saturated carbocycles. The van der Waals surface area contributed by atoms with E-state index in [0.717, 1.165) is 19.4 Å². The Balaban J connectivity index is 2.01. The Morgan fingerprint density at radius 2 is 2.16 bits per heavy atom. The first-order valence-corrected chi connectivity index (χ1v) is 7.08. The molecule has 2 rings (SSSR count). The molecule has 0 heterocycles. The van der Waals surface area contributed by atoms with Crippen LogP contribution in [0.3, 0.4) is 0 Å². The van der Waals surface area contributed by atoms with Crippen LogP contribution in [0.25, 0.3) is 0 Å². The zero-order valence-corrected chi connectivity index (χ0v) is 12.4. The predicted octanol–water partition coefficient (Wildman–Crippen LogP) is 3.29. The standard InChI is InChI=1S/C14H17Cl2NO2/c1-19-7-6-17(11-3-4-11)9-14(18)12-5-2-10(15)8-13(12)16/h2,5,8,11H,3-4,6-7,9H2,1H3. The van der Waals surface area contributed by atoms with Crippen LogP contribution >= 0.6 is 23.2 Å². The van der Waals surface area contributed by atoms with Crippen LogP contribution in [0.4, 0.5) is 0 Å². The monoisotopic (exact) mass is 301 g/mol. The van der Waals surface area contributed by atoms with Gasteiger partial charge in [-0.25, -0.2) is 0 Å². The minimum absolute atomic E-state index is 0.0321. The van der Waals surface area contributed by atoms with Crippen LogP contribution in [-0.2, 0) is 4.74 Å². The van der Waals surface area contributed by atoms with Gasteiger partial charge in [-0.15, -0.1) is 0 Å². The maximum Gasteiger partial charge on any atom is 0.178 e. The number of ether oxygens (including phenoxy) is 1. The highest BCUT2D eigenvalue weighted by molar-refractivity contribution is 6.36. The van der Waals surface area contributed by atoms with E-state index in [9.17, 15) is 4.79 Å². The second-order valence-electron chi connectivity index (χ2n) is 4.74. The number of nitrogens with zero attached hydrogens (tertiary/aromatic N) is 1. The van der Waals surface area contributed by atoms with Gasteiger partial charge in [0.1, 0.15) is 0 Å². The highest BCUT2D eigenvalue weighted by Gasteiger charge is 2.30. The van der Waals surface area contributed by atoms with Crippen molar-refractivity contribution in [3.05, 3.63) is 33.8 Å².